The van der Waals surface area contributed by atoms with Gasteiger partial charge in [-0.05, 0) is 33.2 Å². The van der Waals surface area contributed by atoms with Crippen molar-refractivity contribution in [1.29, 1.82) is 5.26 Å². The van der Waals surface area contributed by atoms with E-state index in [0.717, 1.165) is 17.9 Å². The summed E-state index contributed by atoms with van der Waals surface area (Å²) in [5.74, 6) is -0.280. The molecule has 2 aromatic rings. The molecule has 0 atom stereocenters. The summed E-state index contributed by atoms with van der Waals surface area (Å²) in [6.45, 7) is 2.31. The van der Waals surface area contributed by atoms with E-state index < -0.39 is 24.4 Å². The molecule has 0 bridgehead atoms. The molecular weight excluding hydrogens is 440 g/mol. The Hall–Kier alpha value is -3.23. The molecular formula is C21H25F2N5O3S. The molecule has 0 radical (unpaired) electrons. The topological polar surface area (TPSA) is 99.4 Å². The molecule has 1 amide bonds. The quantitative estimate of drug-likeness (QED) is 0.538. The van der Waals surface area contributed by atoms with Gasteiger partial charge in [-0.15, -0.1) is 11.3 Å². The Labute approximate surface area is 188 Å². The number of amides is 1. The van der Waals surface area contributed by atoms with Crippen LogP contribution in [0.15, 0.2) is 29.1 Å². The number of rotatable bonds is 10. The molecule has 0 aliphatic heterocycles. The molecule has 8 nitrogen and oxygen atoms in total. The summed E-state index contributed by atoms with van der Waals surface area (Å²) in [5.41, 5.74) is -0.0951. The Morgan fingerprint density at radius 3 is 2.78 bits per heavy atom. The second-order valence-electron chi connectivity index (χ2n) is 6.88. The lowest BCUT2D eigenvalue weighted by Crippen LogP contribution is -2.35. The Kier molecular flexibility index (Phi) is 9.37. The van der Waals surface area contributed by atoms with Crippen LogP contribution in [0.5, 0.6) is 5.75 Å². The zero-order chi connectivity index (χ0) is 23.7. The molecule has 0 spiro atoms. The summed E-state index contributed by atoms with van der Waals surface area (Å²) < 4.78 is 32.1. The summed E-state index contributed by atoms with van der Waals surface area (Å²) in [6, 6.07) is 8.93. The van der Waals surface area contributed by atoms with Gasteiger partial charge < -0.3 is 20.3 Å². The zero-order valence-electron chi connectivity index (χ0n) is 18.0. The van der Waals surface area contributed by atoms with Crippen LogP contribution in [0.3, 0.4) is 0 Å². The van der Waals surface area contributed by atoms with Crippen molar-refractivity contribution in [2.24, 2.45) is 0 Å². The number of halogens is 2. The fraction of sp³-hybridized carbons (Fsp3) is 0.381. The minimum atomic E-state index is -2.74. The lowest BCUT2D eigenvalue weighted by atomic mass is 10.3. The first-order valence-electron chi connectivity index (χ1n) is 9.81. The van der Waals surface area contributed by atoms with Gasteiger partial charge in [0.1, 0.15) is 27.6 Å². The predicted octanol–water partition coefficient (Wildman–Crippen LogP) is 0.776. The molecule has 0 saturated heterocycles. The lowest BCUT2D eigenvalue weighted by molar-refractivity contribution is -0.116. The Morgan fingerprint density at radius 2 is 2.16 bits per heavy atom. The van der Waals surface area contributed by atoms with E-state index in [4.69, 9.17) is 4.74 Å². The number of likely N-dealkylation sites (N-methyl/N-ethyl adjacent to an activating group) is 1. The maximum atomic E-state index is 12.7. The van der Waals surface area contributed by atoms with E-state index in [9.17, 15) is 23.6 Å². The van der Waals surface area contributed by atoms with Crippen molar-refractivity contribution in [3.63, 3.8) is 0 Å². The van der Waals surface area contributed by atoms with Gasteiger partial charge in [-0.2, -0.15) is 5.26 Å². The average Bonchev–Trinajstić information content (AvgIpc) is 3.06. The van der Waals surface area contributed by atoms with E-state index in [0.29, 0.717) is 18.0 Å². The normalized spacial score (nSPS) is 12.6. The number of thiazole rings is 1. The van der Waals surface area contributed by atoms with Crippen LogP contribution in [0.25, 0.3) is 11.8 Å². The zero-order valence-corrected chi connectivity index (χ0v) is 18.8. The van der Waals surface area contributed by atoms with Crippen molar-refractivity contribution in [2.45, 2.75) is 19.9 Å². The maximum absolute atomic E-state index is 12.7. The van der Waals surface area contributed by atoms with Crippen LogP contribution in [-0.2, 0) is 11.3 Å². The van der Waals surface area contributed by atoms with Crippen molar-refractivity contribution in [1.82, 2.24) is 14.8 Å². The Morgan fingerprint density at radius 1 is 1.41 bits per heavy atom. The predicted molar refractivity (Wildman–Crippen MR) is 120 cm³/mol. The molecule has 1 heterocycles. The minimum Gasteiger partial charge on any atom is -0.492 e. The van der Waals surface area contributed by atoms with Crippen LogP contribution < -0.4 is 30.1 Å². The number of anilines is 1. The smallest absolute Gasteiger partial charge is 0.270 e. The molecule has 0 unspecified atom stereocenters. The number of hydrogen-bond acceptors (Lipinski definition) is 7. The van der Waals surface area contributed by atoms with E-state index in [-0.39, 0.29) is 21.3 Å². The van der Waals surface area contributed by atoms with Gasteiger partial charge in [0.2, 0.25) is 0 Å². The van der Waals surface area contributed by atoms with E-state index in [1.165, 1.54) is 10.8 Å². The number of hydrogen-bond donors (Lipinski definition) is 2. The van der Waals surface area contributed by atoms with Crippen molar-refractivity contribution >= 4 is 34.7 Å². The second kappa shape index (κ2) is 12.0. The Bertz CT molecular complexity index is 1150. The first-order valence-corrected chi connectivity index (χ1v) is 10.6. The molecule has 1 aromatic heterocycles. The summed E-state index contributed by atoms with van der Waals surface area (Å²) in [6.07, 6.45) is -1.26. The first kappa shape index (κ1) is 25.0. The van der Waals surface area contributed by atoms with Crippen molar-refractivity contribution in [3.05, 3.63) is 43.8 Å². The minimum absolute atomic E-state index is 0.112. The standard InChI is InChI=1S/C21H25F2N5O3S/c1-4-28-20(30)17(32-21(28)16(11-24)19(29)26-13-18(22)23)12-25-14-6-5-7-15(10-14)31-9-8-27(2)3/h5-7,10,12,18,25H,4,8-9,13H2,1-3H3,(H,26,29)/b17-12+,21-16-. The molecule has 32 heavy (non-hydrogen) atoms. The fourth-order valence-electron chi connectivity index (χ4n) is 2.62. The van der Waals surface area contributed by atoms with Crippen LogP contribution in [0.4, 0.5) is 14.5 Å². The van der Waals surface area contributed by atoms with Crippen molar-refractivity contribution < 1.29 is 18.3 Å². The summed E-state index contributed by atoms with van der Waals surface area (Å²) in [7, 11) is 3.90. The lowest BCUT2D eigenvalue weighted by Gasteiger charge is -2.11. The SMILES string of the molecule is CCn1c(=O)/c(=C\Nc2cccc(OCCN(C)C)c2)s/c1=C(/C#N)C(=O)NCC(F)F. The fourth-order valence-corrected chi connectivity index (χ4v) is 3.70. The number of aromatic nitrogens is 1. The third-order valence-corrected chi connectivity index (χ3v) is 5.34. The largest absolute Gasteiger partial charge is 0.492 e. The highest BCUT2D eigenvalue weighted by molar-refractivity contribution is 7.07. The number of carbonyl (C=O) groups is 1. The number of benzene rings is 1. The van der Waals surface area contributed by atoms with E-state index in [2.05, 4.69) is 5.32 Å². The van der Waals surface area contributed by atoms with Gasteiger partial charge in [0, 0.05) is 31.0 Å². The van der Waals surface area contributed by atoms with Gasteiger partial charge in [-0.25, -0.2) is 8.78 Å². The van der Waals surface area contributed by atoms with E-state index in [1.807, 2.05) is 30.4 Å². The third-order valence-electron chi connectivity index (χ3n) is 4.20. The van der Waals surface area contributed by atoms with Crippen LogP contribution in [0.2, 0.25) is 0 Å². The Balaban J connectivity index is 2.34. The van der Waals surface area contributed by atoms with Gasteiger partial charge in [-0.3, -0.25) is 14.2 Å². The molecule has 11 heteroatoms. The summed E-state index contributed by atoms with van der Waals surface area (Å²) >= 11 is 0.934. The second-order valence-corrected chi connectivity index (χ2v) is 7.91. The number of ether oxygens (including phenoxy) is 1. The number of alkyl halides is 2. The number of nitriles is 1. The monoisotopic (exact) mass is 465 g/mol. The highest BCUT2D eigenvalue weighted by atomic mass is 32.1. The van der Waals surface area contributed by atoms with Gasteiger partial charge in [0.15, 0.2) is 5.57 Å². The molecule has 1 aromatic carbocycles. The average molecular weight is 466 g/mol. The number of nitrogens with one attached hydrogen (secondary N) is 2. The van der Waals surface area contributed by atoms with Gasteiger partial charge in [-0.1, -0.05) is 6.07 Å². The molecule has 0 fully saturated rings. The molecule has 2 N–H and O–H groups in total. The molecule has 0 aliphatic rings. The van der Waals surface area contributed by atoms with Crippen LogP contribution in [0, 0.1) is 11.3 Å². The molecule has 0 saturated carbocycles. The van der Waals surface area contributed by atoms with Crippen LogP contribution in [-0.4, -0.2) is 55.6 Å². The first-order chi connectivity index (χ1) is 15.3. The molecule has 0 aliphatic carbocycles. The van der Waals surface area contributed by atoms with E-state index in [1.54, 1.807) is 31.2 Å². The summed E-state index contributed by atoms with van der Waals surface area (Å²) in [4.78, 5) is 26.9. The van der Waals surface area contributed by atoms with Gasteiger partial charge in [0.05, 0.1) is 6.54 Å². The summed E-state index contributed by atoms with van der Waals surface area (Å²) in [5, 5.41) is 14.4. The molecule has 172 valence electrons. The number of carbonyl (C=O) groups excluding carboxylic acids is 1. The van der Waals surface area contributed by atoms with Crippen LogP contribution in [0.1, 0.15) is 6.92 Å². The van der Waals surface area contributed by atoms with Gasteiger partial charge in [0.25, 0.3) is 17.9 Å². The highest BCUT2D eigenvalue weighted by Crippen LogP contribution is 2.17. The molecule has 2 rings (SSSR count). The maximum Gasteiger partial charge on any atom is 0.270 e. The number of nitrogens with zero attached hydrogens (tertiary/aromatic N) is 3. The highest BCUT2D eigenvalue weighted by Gasteiger charge is 2.16. The van der Waals surface area contributed by atoms with Crippen molar-refractivity contribution in [3.8, 4) is 11.8 Å². The van der Waals surface area contributed by atoms with Gasteiger partial charge >= 0.3 is 0 Å². The third kappa shape index (κ3) is 6.90. The van der Waals surface area contributed by atoms with Crippen LogP contribution >= 0.6 is 11.3 Å². The van der Waals surface area contributed by atoms with E-state index >= 15 is 0 Å². The van der Waals surface area contributed by atoms with Crippen molar-refractivity contribution in [2.75, 3.05) is 39.1 Å².